The van der Waals surface area contributed by atoms with Gasteiger partial charge in [0, 0.05) is 30.1 Å². The van der Waals surface area contributed by atoms with E-state index in [0.717, 1.165) is 16.5 Å². The van der Waals surface area contributed by atoms with Crippen LogP contribution in [-0.2, 0) is 21.2 Å². The first-order chi connectivity index (χ1) is 12.6. The van der Waals surface area contributed by atoms with Gasteiger partial charge in [-0.15, -0.1) is 0 Å². The number of piperidine rings is 1. The molecule has 1 aliphatic rings. The summed E-state index contributed by atoms with van der Waals surface area (Å²) >= 11 is 0. The molecular weight excluding hydrogens is 364 g/mol. The molecule has 1 aromatic carbocycles. The standard InChI is InChI=1S/C20H28N2O4S/c1-13(2)17-11-18-15(12-26-19(18)9-14(17)3)10-20(23)21-16-5-7-22(8-6-16)27(4,24)25/h9,11-13,16H,5-8,10H2,1-4H3,(H,21,23). The first-order valence-corrected chi connectivity index (χ1v) is 11.2. The van der Waals surface area contributed by atoms with E-state index in [1.54, 1.807) is 6.26 Å². The van der Waals surface area contributed by atoms with Gasteiger partial charge in [-0.1, -0.05) is 13.8 Å². The SMILES string of the molecule is Cc1cc2occ(CC(=O)NC3CCN(S(C)(=O)=O)CC3)c2cc1C(C)C. The van der Waals surface area contributed by atoms with Crippen molar-refractivity contribution in [1.29, 1.82) is 0 Å². The number of aryl methyl sites for hydroxylation is 1. The van der Waals surface area contributed by atoms with Crippen LogP contribution in [0.25, 0.3) is 11.0 Å². The van der Waals surface area contributed by atoms with Crippen molar-refractivity contribution in [3.63, 3.8) is 0 Å². The fraction of sp³-hybridized carbons (Fsp3) is 0.550. The molecule has 1 N–H and O–H groups in total. The van der Waals surface area contributed by atoms with Crippen molar-refractivity contribution in [3.8, 4) is 0 Å². The molecule has 6 nitrogen and oxygen atoms in total. The Labute approximate surface area is 161 Å². The maximum absolute atomic E-state index is 12.5. The van der Waals surface area contributed by atoms with Crippen molar-refractivity contribution in [2.24, 2.45) is 0 Å². The molecule has 2 aromatic rings. The Kier molecular flexibility index (Phi) is 5.63. The molecular formula is C20H28N2O4S. The number of rotatable bonds is 5. The predicted molar refractivity (Wildman–Crippen MR) is 106 cm³/mol. The summed E-state index contributed by atoms with van der Waals surface area (Å²) in [5, 5.41) is 4.03. The van der Waals surface area contributed by atoms with Gasteiger partial charge in [-0.25, -0.2) is 12.7 Å². The van der Waals surface area contributed by atoms with E-state index in [9.17, 15) is 13.2 Å². The van der Waals surface area contributed by atoms with E-state index in [0.29, 0.717) is 31.8 Å². The molecule has 3 rings (SSSR count). The van der Waals surface area contributed by atoms with Gasteiger partial charge in [0.15, 0.2) is 0 Å². The van der Waals surface area contributed by atoms with E-state index in [1.807, 2.05) is 6.07 Å². The Morgan fingerprint density at radius 3 is 2.56 bits per heavy atom. The lowest BCUT2D eigenvalue weighted by Gasteiger charge is -2.30. The Morgan fingerprint density at radius 2 is 1.96 bits per heavy atom. The van der Waals surface area contributed by atoms with Crippen LogP contribution < -0.4 is 5.32 Å². The van der Waals surface area contributed by atoms with Crippen LogP contribution in [0, 0.1) is 6.92 Å². The molecule has 0 bridgehead atoms. The van der Waals surface area contributed by atoms with Gasteiger partial charge < -0.3 is 9.73 Å². The van der Waals surface area contributed by atoms with Crippen LogP contribution >= 0.6 is 0 Å². The highest BCUT2D eigenvalue weighted by atomic mass is 32.2. The number of furan rings is 1. The molecule has 0 atom stereocenters. The van der Waals surface area contributed by atoms with Gasteiger partial charge in [-0.3, -0.25) is 4.79 Å². The molecule has 0 aliphatic carbocycles. The molecule has 27 heavy (non-hydrogen) atoms. The third kappa shape index (κ3) is 4.52. The molecule has 148 valence electrons. The van der Waals surface area contributed by atoms with E-state index in [2.05, 4.69) is 32.2 Å². The second kappa shape index (κ2) is 7.64. The van der Waals surface area contributed by atoms with Gasteiger partial charge in [-0.05, 0) is 48.9 Å². The average molecular weight is 393 g/mol. The highest BCUT2D eigenvalue weighted by Crippen LogP contribution is 2.29. The Balaban J connectivity index is 1.66. The second-order valence-corrected chi connectivity index (χ2v) is 9.78. The zero-order valence-corrected chi connectivity index (χ0v) is 17.2. The van der Waals surface area contributed by atoms with E-state index in [4.69, 9.17) is 4.42 Å². The first kappa shape index (κ1) is 19.9. The van der Waals surface area contributed by atoms with Gasteiger partial charge in [0.2, 0.25) is 15.9 Å². The van der Waals surface area contributed by atoms with Crippen LogP contribution in [0.5, 0.6) is 0 Å². The summed E-state index contributed by atoms with van der Waals surface area (Å²) in [7, 11) is -3.15. The Morgan fingerprint density at radius 1 is 1.30 bits per heavy atom. The van der Waals surface area contributed by atoms with Gasteiger partial charge in [0.05, 0.1) is 18.9 Å². The minimum Gasteiger partial charge on any atom is -0.464 e. The number of nitrogens with zero attached hydrogens (tertiary/aromatic N) is 1. The lowest BCUT2D eigenvalue weighted by Crippen LogP contribution is -2.46. The molecule has 1 aliphatic heterocycles. The molecule has 1 saturated heterocycles. The Hall–Kier alpha value is -1.86. The molecule has 0 saturated carbocycles. The van der Waals surface area contributed by atoms with Crippen LogP contribution in [-0.4, -0.2) is 44.0 Å². The summed E-state index contributed by atoms with van der Waals surface area (Å²) in [6, 6.07) is 4.18. The number of carbonyl (C=O) groups is 1. The summed E-state index contributed by atoms with van der Waals surface area (Å²) in [5.74, 6) is 0.355. The van der Waals surface area contributed by atoms with Crippen molar-refractivity contribution >= 4 is 26.9 Å². The topological polar surface area (TPSA) is 79.6 Å². The predicted octanol–water partition coefficient (Wildman–Crippen LogP) is 2.95. The number of hydrogen-bond donors (Lipinski definition) is 1. The van der Waals surface area contributed by atoms with E-state index in [-0.39, 0.29) is 18.4 Å². The molecule has 0 unspecified atom stereocenters. The Bertz CT molecular complexity index is 938. The van der Waals surface area contributed by atoms with Crippen LogP contribution in [0.4, 0.5) is 0 Å². The third-order valence-corrected chi connectivity index (χ3v) is 6.61. The minimum atomic E-state index is -3.15. The molecule has 7 heteroatoms. The maximum Gasteiger partial charge on any atom is 0.224 e. The highest BCUT2D eigenvalue weighted by Gasteiger charge is 2.26. The number of carbonyl (C=O) groups excluding carboxylic acids is 1. The smallest absolute Gasteiger partial charge is 0.224 e. The molecule has 0 radical (unpaired) electrons. The fourth-order valence-electron chi connectivity index (χ4n) is 3.79. The van der Waals surface area contributed by atoms with Gasteiger partial charge in [-0.2, -0.15) is 0 Å². The summed E-state index contributed by atoms with van der Waals surface area (Å²) in [4.78, 5) is 12.5. The summed E-state index contributed by atoms with van der Waals surface area (Å²) in [6.07, 6.45) is 4.44. The van der Waals surface area contributed by atoms with Gasteiger partial charge >= 0.3 is 0 Å². The van der Waals surface area contributed by atoms with Crippen LogP contribution in [0.1, 0.15) is 49.3 Å². The third-order valence-electron chi connectivity index (χ3n) is 5.30. The number of benzene rings is 1. The van der Waals surface area contributed by atoms with Crippen molar-refractivity contribution in [2.45, 2.75) is 52.0 Å². The zero-order valence-electron chi connectivity index (χ0n) is 16.4. The summed E-state index contributed by atoms with van der Waals surface area (Å²) in [5.41, 5.74) is 4.15. The van der Waals surface area contributed by atoms with Crippen molar-refractivity contribution in [1.82, 2.24) is 9.62 Å². The molecule has 0 spiro atoms. The number of nitrogens with one attached hydrogen (secondary N) is 1. The number of sulfonamides is 1. The van der Waals surface area contributed by atoms with Crippen molar-refractivity contribution in [3.05, 3.63) is 35.1 Å². The largest absolute Gasteiger partial charge is 0.464 e. The monoisotopic (exact) mass is 392 g/mol. The average Bonchev–Trinajstić information content (AvgIpc) is 2.95. The summed E-state index contributed by atoms with van der Waals surface area (Å²) < 4.78 is 30.3. The number of hydrogen-bond acceptors (Lipinski definition) is 4. The summed E-state index contributed by atoms with van der Waals surface area (Å²) in [6.45, 7) is 7.30. The van der Waals surface area contributed by atoms with Crippen LogP contribution in [0.15, 0.2) is 22.8 Å². The van der Waals surface area contributed by atoms with Gasteiger partial charge in [0.25, 0.3) is 0 Å². The minimum absolute atomic E-state index is 0.0159. The normalized spacial score (nSPS) is 16.9. The van der Waals surface area contributed by atoms with Crippen molar-refractivity contribution < 1.29 is 17.6 Å². The van der Waals surface area contributed by atoms with E-state index < -0.39 is 10.0 Å². The van der Waals surface area contributed by atoms with Crippen LogP contribution in [0.2, 0.25) is 0 Å². The molecule has 2 heterocycles. The van der Waals surface area contributed by atoms with E-state index in [1.165, 1.54) is 21.7 Å². The maximum atomic E-state index is 12.5. The quantitative estimate of drug-likeness (QED) is 0.848. The lowest BCUT2D eigenvalue weighted by atomic mass is 9.95. The second-order valence-electron chi connectivity index (χ2n) is 7.80. The first-order valence-electron chi connectivity index (χ1n) is 9.40. The zero-order chi connectivity index (χ0) is 19.8. The lowest BCUT2D eigenvalue weighted by molar-refractivity contribution is -0.121. The number of fused-ring (bicyclic) bond motifs is 1. The van der Waals surface area contributed by atoms with Gasteiger partial charge in [0.1, 0.15) is 5.58 Å². The van der Waals surface area contributed by atoms with Crippen LogP contribution in [0.3, 0.4) is 0 Å². The van der Waals surface area contributed by atoms with E-state index >= 15 is 0 Å². The highest BCUT2D eigenvalue weighted by molar-refractivity contribution is 7.88. The molecule has 1 aromatic heterocycles. The fourth-order valence-corrected chi connectivity index (χ4v) is 4.66. The number of amides is 1. The van der Waals surface area contributed by atoms with Crippen molar-refractivity contribution in [2.75, 3.05) is 19.3 Å². The molecule has 1 fully saturated rings. The molecule has 1 amide bonds.